The van der Waals surface area contributed by atoms with Crippen LogP contribution in [0, 0.1) is 0 Å². The van der Waals surface area contributed by atoms with Crippen molar-refractivity contribution in [1.82, 2.24) is 24.6 Å². The van der Waals surface area contributed by atoms with Crippen molar-refractivity contribution in [2.45, 2.75) is 69.9 Å². The number of piperidine rings is 1. The molecule has 2 aliphatic rings. The molecule has 2 fully saturated rings. The van der Waals surface area contributed by atoms with Crippen LogP contribution in [0.15, 0.2) is 36.7 Å². The van der Waals surface area contributed by atoms with E-state index in [2.05, 4.69) is 25.0 Å². The lowest BCUT2D eigenvalue weighted by molar-refractivity contribution is 0.107. The Morgan fingerprint density at radius 1 is 1.03 bits per heavy atom. The number of hydrogen-bond acceptors (Lipinski definition) is 8. The van der Waals surface area contributed by atoms with Crippen molar-refractivity contribution in [2.75, 3.05) is 42.1 Å². The molecule has 1 aromatic carbocycles. The highest BCUT2D eigenvalue weighted by Gasteiger charge is 2.23. The van der Waals surface area contributed by atoms with Crippen LogP contribution in [0.4, 0.5) is 17.3 Å². The number of aromatic nitrogens is 4. The van der Waals surface area contributed by atoms with Crippen LogP contribution >= 0.6 is 0 Å². The van der Waals surface area contributed by atoms with Gasteiger partial charge in [0, 0.05) is 18.4 Å². The first-order valence-corrected chi connectivity index (χ1v) is 15.7. The number of fused-ring (bicyclic) bond motifs is 1. The number of aliphatic hydroxyl groups is 1. The molecule has 206 valence electrons. The Hall–Kier alpha value is -2.76. The van der Waals surface area contributed by atoms with Gasteiger partial charge in [0.2, 0.25) is 16.0 Å². The Labute approximate surface area is 225 Å². The van der Waals surface area contributed by atoms with Crippen LogP contribution in [0.25, 0.3) is 11.0 Å². The number of sulfonamides is 1. The highest BCUT2D eigenvalue weighted by molar-refractivity contribution is 7.92. The van der Waals surface area contributed by atoms with Gasteiger partial charge in [-0.25, -0.2) is 18.1 Å². The van der Waals surface area contributed by atoms with Crippen molar-refractivity contribution in [3.63, 3.8) is 0 Å². The molecule has 11 heteroatoms. The van der Waals surface area contributed by atoms with Gasteiger partial charge in [-0.1, -0.05) is 32.1 Å². The van der Waals surface area contributed by atoms with Gasteiger partial charge in [0.25, 0.3) is 0 Å². The van der Waals surface area contributed by atoms with Crippen LogP contribution in [0.3, 0.4) is 0 Å². The number of β-amino-alcohol motifs (C(OH)–C–C–N with tert-alkyl or cyclic N) is 1. The van der Waals surface area contributed by atoms with Crippen molar-refractivity contribution >= 4 is 38.4 Å². The third-order valence-corrected chi connectivity index (χ3v) is 8.77. The molecule has 1 aliphatic heterocycles. The summed E-state index contributed by atoms with van der Waals surface area (Å²) in [4.78, 5) is 11.4. The number of hydrogen-bond donors (Lipinski definition) is 2. The molecule has 0 spiro atoms. The van der Waals surface area contributed by atoms with Gasteiger partial charge in [-0.05, 0) is 63.0 Å². The Bertz CT molecular complexity index is 1300. The van der Waals surface area contributed by atoms with E-state index < -0.39 is 16.1 Å². The summed E-state index contributed by atoms with van der Waals surface area (Å²) in [5.41, 5.74) is 2.09. The second-order valence-electron chi connectivity index (χ2n) is 10.7. The highest BCUT2D eigenvalue weighted by atomic mass is 32.2. The van der Waals surface area contributed by atoms with E-state index >= 15 is 0 Å². The number of nitrogens with zero attached hydrogens (tertiary/aromatic N) is 6. The molecule has 3 heterocycles. The Balaban J connectivity index is 1.28. The number of anilines is 3. The zero-order valence-electron chi connectivity index (χ0n) is 22.2. The van der Waals surface area contributed by atoms with Crippen LogP contribution in [-0.4, -0.2) is 76.7 Å². The standard InChI is InChI=1S/C27H39N7O3S/c1-38(36,37)33(20-25(35)19-32-15-7-4-8-16-32)23-13-11-22(12-14-23)30-27-28-17-21-18-29-34(26(21)31-27)24-9-5-2-3-6-10-24/h11-14,17-18,24-25,35H,2-10,15-16,19-20H2,1H3,(H,28,30,31). The smallest absolute Gasteiger partial charge is 0.232 e. The minimum Gasteiger partial charge on any atom is -0.390 e. The Morgan fingerprint density at radius 2 is 1.71 bits per heavy atom. The fraction of sp³-hybridized carbons (Fsp3) is 0.593. The molecule has 1 aliphatic carbocycles. The summed E-state index contributed by atoms with van der Waals surface area (Å²) in [6.45, 7) is 2.40. The van der Waals surface area contributed by atoms with Crippen molar-refractivity contribution < 1.29 is 13.5 Å². The maximum Gasteiger partial charge on any atom is 0.232 e. The molecule has 0 amide bonds. The summed E-state index contributed by atoms with van der Waals surface area (Å²) in [6, 6.07) is 7.46. The van der Waals surface area contributed by atoms with Gasteiger partial charge >= 0.3 is 0 Å². The second kappa shape index (κ2) is 12.0. The van der Waals surface area contributed by atoms with Crippen LogP contribution in [0.5, 0.6) is 0 Å². The minimum atomic E-state index is -3.56. The SMILES string of the molecule is CS(=O)(=O)N(CC(O)CN1CCCCC1)c1ccc(Nc2ncc3cnn(C4CCCCCC4)c3n2)cc1. The lowest BCUT2D eigenvalue weighted by atomic mass is 10.1. The first-order valence-electron chi connectivity index (χ1n) is 13.8. The van der Waals surface area contributed by atoms with Gasteiger partial charge in [0.15, 0.2) is 5.65 Å². The number of nitrogens with one attached hydrogen (secondary N) is 1. The lowest BCUT2D eigenvalue weighted by Crippen LogP contribution is -2.43. The molecule has 1 atom stereocenters. The van der Waals surface area contributed by atoms with Gasteiger partial charge < -0.3 is 15.3 Å². The normalized spacial score (nSPS) is 18.8. The van der Waals surface area contributed by atoms with Gasteiger partial charge in [0.1, 0.15) is 0 Å². The summed E-state index contributed by atoms with van der Waals surface area (Å²) < 4.78 is 28.5. The van der Waals surface area contributed by atoms with Crippen molar-refractivity contribution in [3.8, 4) is 0 Å². The zero-order valence-corrected chi connectivity index (χ0v) is 23.0. The van der Waals surface area contributed by atoms with Crippen LogP contribution in [0.2, 0.25) is 0 Å². The predicted octanol–water partition coefficient (Wildman–Crippen LogP) is 4.08. The van der Waals surface area contributed by atoms with Gasteiger partial charge in [-0.3, -0.25) is 4.31 Å². The third-order valence-electron chi connectivity index (χ3n) is 7.61. The van der Waals surface area contributed by atoms with E-state index in [0.29, 0.717) is 24.2 Å². The first kappa shape index (κ1) is 26.8. The molecule has 2 aromatic heterocycles. The van der Waals surface area contributed by atoms with Gasteiger partial charge in [-0.2, -0.15) is 10.1 Å². The van der Waals surface area contributed by atoms with E-state index in [1.807, 2.05) is 6.20 Å². The maximum absolute atomic E-state index is 12.6. The summed E-state index contributed by atoms with van der Waals surface area (Å²) in [5, 5.41) is 19.4. The summed E-state index contributed by atoms with van der Waals surface area (Å²) in [7, 11) is -3.56. The molecule has 0 bridgehead atoms. The lowest BCUT2D eigenvalue weighted by Gasteiger charge is -2.31. The van der Waals surface area contributed by atoms with Crippen molar-refractivity contribution in [1.29, 1.82) is 0 Å². The molecule has 2 N–H and O–H groups in total. The molecule has 5 rings (SSSR count). The van der Waals surface area contributed by atoms with Crippen molar-refractivity contribution in [3.05, 3.63) is 36.7 Å². The van der Waals surface area contributed by atoms with Gasteiger partial charge in [0.05, 0.1) is 42.2 Å². The molecular formula is C27H39N7O3S. The molecule has 10 nitrogen and oxygen atoms in total. The first-order chi connectivity index (χ1) is 18.4. The van der Waals surface area contributed by atoms with E-state index in [1.54, 1.807) is 30.5 Å². The largest absolute Gasteiger partial charge is 0.390 e. The van der Waals surface area contributed by atoms with Crippen molar-refractivity contribution in [2.24, 2.45) is 0 Å². The van der Waals surface area contributed by atoms with E-state index in [4.69, 9.17) is 4.98 Å². The predicted molar refractivity (Wildman–Crippen MR) is 150 cm³/mol. The Morgan fingerprint density at radius 3 is 2.39 bits per heavy atom. The summed E-state index contributed by atoms with van der Waals surface area (Å²) in [5.74, 6) is 0.470. The van der Waals surface area contributed by atoms with E-state index in [1.165, 1.54) is 42.7 Å². The molecule has 1 saturated heterocycles. The Kier molecular flexibility index (Phi) is 8.45. The zero-order chi connectivity index (χ0) is 26.5. The molecule has 38 heavy (non-hydrogen) atoms. The quantitative estimate of drug-likeness (QED) is 0.389. The topological polar surface area (TPSA) is 116 Å². The second-order valence-corrected chi connectivity index (χ2v) is 12.6. The van der Waals surface area contributed by atoms with Crippen LogP contribution < -0.4 is 9.62 Å². The molecule has 3 aromatic rings. The average molecular weight is 542 g/mol. The molecular weight excluding hydrogens is 502 g/mol. The minimum absolute atomic E-state index is 0.0209. The monoisotopic (exact) mass is 541 g/mol. The molecule has 1 saturated carbocycles. The third kappa shape index (κ3) is 6.62. The van der Waals surface area contributed by atoms with Crippen LogP contribution in [-0.2, 0) is 10.0 Å². The van der Waals surface area contributed by atoms with Gasteiger partial charge in [-0.15, -0.1) is 0 Å². The number of likely N-dealkylation sites (tertiary alicyclic amines) is 1. The molecule has 1 unspecified atom stereocenters. The fourth-order valence-electron chi connectivity index (χ4n) is 5.63. The molecule has 0 radical (unpaired) electrons. The fourth-order valence-corrected chi connectivity index (χ4v) is 6.57. The highest BCUT2D eigenvalue weighted by Crippen LogP contribution is 2.29. The van der Waals surface area contributed by atoms with E-state index in [-0.39, 0.29) is 6.54 Å². The van der Waals surface area contributed by atoms with E-state index in [9.17, 15) is 13.5 Å². The summed E-state index contributed by atoms with van der Waals surface area (Å²) in [6.07, 6.45) is 14.7. The number of benzene rings is 1. The summed E-state index contributed by atoms with van der Waals surface area (Å²) >= 11 is 0. The van der Waals surface area contributed by atoms with Crippen LogP contribution in [0.1, 0.15) is 63.8 Å². The van der Waals surface area contributed by atoms with E-state index in [0.717, 1.165) is 55.5 Å². The average Bonchev–Trinajstić information content (AvgIpc) is 3.12. The number of aliphatic hydroxyl groups excluding tert-OH is 1. The number of rotatable bonds is 9. The maximum atomic E-state index is 12.6.